The molecule has 2 aromatic rings. The molecule has 1 saturated heterocycles. The normalized spacial score (nSPS) is 21.4. The van der Waals surface area contributed by atoms with Crippen LogP contribution in [0.2, 0.25) is 0 Å². The summed E-state index contributed by atoms with van der Waals surface area (Å²) >= 11 is 3.62. The van der Waals surface area contributed by atoms with E-state index in [4.69, 9.17) is 0 Å². The molecular weight excluding hydrogens is 408 g/mol. The zero-order chi connectivity index (χ0) is 18.2. The minimum Gasteiger partial charge on any atom is -0.258 e. The molecule has 0 amide bonds. The van der Waals surface area contributed by atoms with E-state index < -0.39 is 14.9 Å². The van der Waals surface area contributed by atoms with E-state index in [2.05, 4.69) is 15.9 Å². The smallest absolute Gasteiger partial charge is 0.258 e. The number of non-ortho nitro benzene ring substituents is 1. The molecule has 1 aliphatic rings. The van der Waals surface area contributed by atoms with E-state index in [1.807, 2.05) is 31.2 Å². The van der Waals surface area contributed by atoms with Gasteiger partial charge in [-0.3, -0.25) is 10.1 Å². The van der Waals surface area contributed by atoms with Gasteiger partial charge in [0.2, 0.25) is 10.0 Å². The molecule has 0 radical (unpaired) electrons. The van der Waals surface area contributed by atoms with Crippen molar-refractivity contribution in [1.29, 1.82) is 0 Å². The highest BCUT2D eigenvalue weighted by Crippen LogP contribution is 2.41. The first-order chi connectivity index (χ1) is 11.8. The van der Waals surface area contributed by atoms with E-state index >= 15 is 0 Å². The van der Waals surface area contributed by atoms with Crippen molar-refractivity contribution < 1.29 is 13.3 Å². The van der Waals surface area contributed by atoms with Gasteiger partial charge in [0.1, 0.15) is 0 Å². The van der Waals surface area contributed by atoms with Crippen molar-refractivity contribution in [2.45, 2.75) is 29.1 Å². The van der Waals surface area contributed by atoms with E-state index in [1.54, 1.807) is 0 Å². The number of nitro groups is 1. The number of hydrogen-bond acceptors (Lipinski definition) is 4. The summed E-state index contributed by atoms with van der Waals surface area (Å²) in [6.45, 7) is 2.36. The molecule has 6 nitrogen and oxygen atoms in total. The molecule has 2 aromatic carbocycles. The quantitative estimate of drug-likeness (QED) is 0.424. The standard InChI is InChI=1S/C17H17BrN2O4S/c1-12-4-2-3-5-15(12)17-16(18)10-11-19(17)25(23,24)14-8-6-13(7-9-14)20(21)22/h2-9,16-17H,10-11H2,1H3/t16-,17+/m1/s1. The van der Waals surface area contributed by atoms with Crippen LogP contribution in [-0.4, -0.2) is 29.0 Å². The van der Waals surface area contributed by atoms with Gasteiger partial charge in [-0.05, 0) is 36.6 Å². The van der Waals surface area contributed by atoms with Gasteiger partial charge < -0.3 is 0 Å². The molecule has 0 bridgehead atoms. The van der Waals surface area contributed by atoms with Crippen LogP contribution in [0, 0.1) is 17.0 Å². The Labute approximate surface area is 154 Å². The SMILES string of the molecule is Cc1ccccc1[C@H]1[C@H](Br)CCN1S(=O)(=O)c1ccc([N+](=O)[O-])cc1. The first-order valence-electron chi connectivity index (χ1n) is 7.78. The van der Waals surface area contributed by atoms with E-state index in [-0.39, 0.29) is 21.5 Å². The van der Waals surface area contributed by atoms with Crippen LogP contribution < -0.4 is 0 Å². The summed E-state index contributed by atoms with van der Waals surface area (Å²) in [4.78, 5) is 10.3. The number of nitro benzene ring substituents is 1. The minimum atomic E-state index is -3.75. The van der Waals surface area contributed by atoms with Gasteiger partial charge in [0.05, 0.1) is 15.9 Å². The summed E-state index contributed by atoms with van der Waals surface area (Å²) in [5, 5.41) is 10.8. The van der Waals surface area contributed by atoms with Crippen LogP contribution in [-0.2, 0) is 10.0 Å². The molecular formula is C17H17BrN2O4S. The zero-order valence-electron chi connectivity index (χ0n) is 13.5. The van der Waals surface area contributed by atoms with E-state index in [0.29, 0.717) is 13.0 Å². The average Bonchev–Trinajstić information content (AvgIpc) is 2.97. The number of rotatable bonds is 4. The van der Waals surface area contributed by atoms with Crippen LogP contribution in [0.5, 0.6) is 0 Å². The van der Waals surface area contributed by atoms with Gasteiger partial charge in [-0.15, -0.1) is 0 Å². The van der Waals surface area contributed by atoms with Crippen molar-refractivity contribution in [1.82, 2.24) is 4.31 Å². The fourth-order valence-corrected chi connectivity index (χ4v) is 5.73. The third-order valence-electron chi connectivity index (χ3n) is 4.44. The van der Waals surface area contributed by atoms with Crippen molar-refractivity contribution in [3.05, 3.63) is 69.8 Å². The summed E-state index contributed by atoms with van der Waals surface area (Å²) in [5.74, 6) is 0. The van der Waals surface area contributed by atoms with Gasteiger partial charge in [0, 0.05) is 23.5 Å². The number of halogens is 1. The summed E-state index contributed by atoms with van der Waals surface area (Å²) < 4.78 is 27.7. The Bertz CT molecular complexity index is 899. The summed E-state index contributed by atoms with van der Waals surface area (Å²) in [6, 6.07) is 12.5. The molecule has 1 aliphatic heterocycles. The first-order valence-corrected chi connectivity index (χ1v) is 10.1. The number of aryl methyl sites for hydroxylation is 1. The molecule has 2 atom stereocenters. The highest BCUT2D eigenvalue weighted by atomic mass is 79.9. The van der Waals surface area contributed by atoms with Gasteiger partial charge >= 0.3 is 0 Å². The molecule has 8 heteroatoms. The largest absolute Gasteiger partial charge is 0.269 e. The minimum absolute atomic E-state index is 0.0152. The first kappa shape index (κ1) is 18.0. The Kier molecular flexibility index (Phi) is 4.95. The lowest BCUT2D eigenvalue weighted by molar-refractivity contribution is -0.384. The molecule has 3 rings (SSSR count). The fourth-order valence-electron chi connectivity index (χ4n) is 3.14. The van der Waals surface area contributed by atoms with Crippen LogP contribution in [0.3, 0.4) is 0 Å². The zero-order valence-corrected chi connectivity index (χ0v) is 15.9. The molecule has 0 aliphatic carbocycles. The van der Waals surface area contributed by atoms with Crippen LogP contribution in [0.4, 0.5) is 5.69 Å². The lowest BCUT2D eigenvalue weighted by Crippen LogP contribution is -2.32. The Morgan fingerprint density at radius 1 is 1.16 bits per heavy atom. The maximum absolute atomic E-state index is 13.1. The lowest BCUT2D eigenvalue weighted by Gasteiger charge is -2.27. The second-order valence-electron chi connectivity index (χ2n) is 5.97. The number of benzene rings is 2. The van der Waals surface area contributed by atoms with Gasteiger partial charge in [-0.25, -0.2) is 8.42 Å². The van der Waals surface area contributed by atoms with Gasteiger partial charge in [-0.2, -0.15) is 4.31 Å². The van der Waals surface area contributed by atoms with Crippen LogP contribution >= 0.6 is 15.9 Å². The van der Waals surface area contributed by atoms with E-state index in [0.717, 1.165) is 11.1 Å². The number of alkyl halides is 1. The van der Waals surface area contributed by atoms with E-state index in [1.165, 1.54) is 28.6 Å². The lowest BCUT2D eigenvalue weighted by atomic mass is 10.0. The van der Waals surface area contributed by atoms with Crippen LogP contribution in [0.15, 0.2) is 53.4 Å². The van der Waals surface area contributed by atoms with Crippen molar-refractivity contribution in [3.8, 4) is 0 Å². The summed E-state index contributed by atoms with van der Waals surface area (Å²) in [6.07, 6.45) is 0.700. The Morgan fingerprint density at radius 3 is 2.40 bits per heavy atom. The Hall–Kier alpha value is -1.77. The number of sulfonamides is 1. The van der Waals surface area contributed by atoms with Gasteiger partial charge in [0.25, 0.3) is 5.69 Å². The third-order valence-corrected chi connectivity index (χ3v) is 7.29. The molecule has 0 spiro atoms. The number of hydrogen-bond donors (Lipinski definition) is 0. The van der Waals surface area contributed by atoms with E-state index in [9.17, 15) is 18.5 Å². The molecule has 0 N–H and O–H groups in total. The molecule has 0 saturated carbocycles. The topological polar surface area (TPSA) is 80.5 Å². The van der Waals surface area contributed by atoms with Crippen LogP contribution in [0.1, 0.15) is 23.6 Å². The van der Waals surface area contributed by atoms with Crippen molar-refractivity contribution in [3.63, 3.8) is 0 Å². The maximum Gasteiger partial charge on any atom is 0.269 e. The van der Waals surface area contributed by atoms with Crippen molar-refractivity contribution >= 4 is 31.6 Å². The Morgan fingerprint density at radius 2 is 1.80 bits per heavy atom. The summed E-state index contributed by atoms with van der Waals surface area (Å²) in [7, 11) is -3.75. The predicted molar refractivity (Wildman–Crippen MR) is 98.2 cm³/mol. The molecule has 0 aromatic heterocycles. The average molecular weight is 425 g/mol. The third kappa shape index (κ3) is 3.33. The molecule has 0 unspecified atom stereocenters. The monoisotopic (exact) mass is 424 g/mol. The molecule has 1 heterocycles. The number of nitrogens with zero attached hydrogens (tertiary/aromatic N) is 2. The van der Waals surface area contributed by atoms with Gasteiger partial charge in [-0.1, -0.05) is 40.2 Å². The molecule has 132 valence electrons. The predicted octanol–water partition coefficient (Wildman–Crippen LogP) is 3.80. The molecule has 1 fully saturated rings. The second kappa shape index (κ2) is 6.86. The summed E-state index contributed by atoms with van der Waals surface area (Å²) in [5.41, 5.74) is 1.87. The second-order valence-corrected chi connectivity index (χ2v) is 9.04. The highest BCUT2D eigenvalue weighted by Gasteiger charge is 2.41. The fraction of sp³-hybridized carbons (Fsp3) is 0.294. The highest BCUT2D eigenvalue weighted by molar-refractivity contribution is 9.09. The van der Waals surface area contributed by atoms with Crippen molar-refractivity contribution in [2.75, 3.05) is 6.54 Å². The van der Waals surface area contributed by atoms with Crippen molar-refractivity contribution in [2.24, 2.45) is 0 Å². The van der Waals surface area contributed by atoms with Gasteiger partial charge in [0.15, 0.2) is 0 Å². The Balaban J connectivity index is 2.01. The van der Waals surface area contributed by atoms with Crippen LogP contribution in [0.25, 0.3) is 0 Å². The maximum atomic E-state index is 13.1. The molecule has 25 heavy (non-hydrogen) atoms.